The van der Waals surface area contributed by atoms with Gasteiger partial charge >= 0.3 is 5.97 Å². The van der Waals surface area contributed by atoms with Crippen LogP contribution in [0.2, 0.25) is 0 Å². The van der Waals surface area contributed by atoms with Crippen molar-refractivity contribution < 1.29 is 27.5 Å². The van der Waals surface area contributed by atoms with Crippen LogP contribution in [0.1, 0.15) is 31.3 Å². The van der Waals surface area contributed by atoms with E-state index < -0.39 is 37.9 Å². The molecule has 1 amide bonds. The first kappa shape index (κ1) is 19.1. The number of rotatable bonds is 4. The molecule has 3 rings (SSSR count). The lowest BCUT2D eigenvalue weighted by atomic mass is 9.95. The molecule has 2 fully saturated rings. The van der Waals surface area contributed by atoms with E-state index in [4.69, 9.17) is 4.74 Å². The average Bonchev–Trinajstić information content (AvgIpc) is 3.10. The van der Waals surface area contributed by atoms with Gasteiger partial charge in [0.2, 0.25) is 5.91 Å². The summed E-state index contributed by atoms with van der Waals surface area (Å²) in [6, 6.07) is 1.99. The maximum atomic E-state index is 13.0. The average molecular weight is 392 g/mol. The van der Waals surface area contributed by atoms with Crippen LogP contribution in [0, 0.1) is 0 Å². The summed E-state index contributed by atoms with van der Waals surface area (Å²) in [4.78, 5) is 37.8. The first-order valence-electron chi connectivity index (χ1n) is 8.29. The molecule has 2 atom stereocenters. The summed E-state index contributed by atoms with van der Waals surface area (Å²) in [6.07, 6.45) is 4.28. The van der Waals surface area contributed by atoms with Gasteiger partial charge < -0.3 is 9.64 Å². The molecule has 2 saturated heterocycles. The topological polar surface area (TPSA) is 103 Å². The summed E-state index contributed by atoms with van der Waals surface area (Å²) >= 11 is 0. The van der Waals surface area contributed by atoms with Crippen LogP contribution in [0.4, 0.5) is 0 Å². The zero-order chi connectivity index (χ0) is 20.1. The summed E-state index contributed by atoms with van der Waals surface area (Å²) in [7, 11) is -3.89. The van der Waals surface area contributed by atoms with Crippen LogP contribution >= 0.6 is 0 Å². The van der Waals surface area contributed by atoms with Crippen LogP contribution in [0.15, 0.2) is 36.6 Å². The molecule has 0 bridgehead atoms. The predicted molar refractivity (Wildman–Crippen MR) is 97.3 cm³/mol. The Morgan fingerprint density at radius 2 is 2.04 bits per heavy atom. The molecule has 0 radical (unpaired) electrons. The van der Waals surface area contributed by atoms with Crippen molar-refractivity contribution in [2.75, 3.05) is 6.61 Å². The summed E-state index contributed by atoms with van der Waals surface area (Å²) in [6.45, 7) is 7.54. The number of hydrogen-bond acceptors (Lipinski definition) is 6. The molecule has 8 nitrogen and oxygen atoms in total. The number of esters is 1. The molecule has 9 heteroatoms. The van der Waals surface area contributed by atoms with Crippen molar-refractivity contribution in [3.05, 3.63) is 42.3 Å². The second kappa shape index (κ2) is 6.19. The zero-order valence-electron chi connectivity index (χ0n) is 15.2. The number of β-lactam (4-membered cyclic amide) rings is 1. The lowest BCUT2D eigenvalue weighted by Gasteiger charge is -2.38. The summed E-state index contributed by atoms with van der Waals surface area (Å²) in [5.74, 6) is -1.62. The van der Waals surface area contributed by atoms with E-state index in [0.29, 0.717) is 5.69 Å². The molecule has 0 aromatic carbocycles. The number of carbonyl (C=O) groups excluding carboxylic acids is 3. The van der Waals surface area contributed by atoms with Crippen molar-refractivity contribution in [3.63, 3.8) is 0 Å². The third-order valence-corrected chi connectivity index (χ3v) is 7.71. The number of ether oxygens (including phenoxy) is 1. The van der Waals surface area contributed by atoms with E-state index in [1.807, 2.05) is 0 Å². The van der Waals surface area contributed by atoms with Crippen molar-refractivity contribution in [2.45, 2.75) is 36.9 Å². The molecular weight excluding hydrogens is 372 g/mol. The Balaban J connectivity index is 2.04. The largest absolute Gasteiger partial charge is 0.460 e. The smallest absolute Gasteiger partial charge is 0.330 e. The summed E-state index contributed by atoms with van der Waals surface area (Å²) < 4.78 is 30.9. The first-order chi connectivity index (χ1) is 12.6. The van der Waals surface area contributed by atoms with Crippen molar-refractivity contribution in [2.24, 2.45) is 0 Å². The molecule has 27 heavy (non-hydrogen) atoms. The highest BCUT2D eigenvalue weighted by Crippen LogP contribution is 2.49. The van der Waals surface area contributed by atoms with Crippen LogP contribution in [0.3, 0.4) is 0 Å². The van der Waals surface area contributed by atoms with E-state index in [-0.39, 0.29) is 18.1 Å². The SMILES string of the molecule is C=CCOC(=O)[C@@H]1N2C(=O)/C(=C\c3cccn3C(C)=O)[C@H]2S(=O)(=O)C1(C)C. The lowest BCUT2D eigenvalue weighted by molar-refractivity contribution is -0.156. The van der Waals surface area contributed by atoms with Crippen molar-refractivity contribution >= 4 is 33.7 Å². The van der Waals surface area contributed by atoms with Gasteiger partial charge in [0.15, 0.2) is 21.3 Å². The second-order valence-electron chi connectivity index (χ2n) is 6.96. The number of carbonyl (C=O) groups is 3. The monoisotopic (exact) mass is 392 g/mol. The molecule has 2 aliphatic rings. The number of amides is 1. The highest BCUT2D eigenvalue weighted by molar-refractivity contribution is 7.94. The maximum absolute atomic E-state index is 13.0. The summed E-state index contributed by atoms with van der Waals surface area (Å²) in [5, 5.41) is -1.24. The number of fused-ring (bicyclic) bond motifs is 1. The van der Waals surface area contributed by atoms with Crippen LogP contribution in [0.25, 0.3) is 6.08 Å². The minimum atomic E-state index is -3.89. The Morgan fingerprint density at radius 1 is 1.37 bits per heavy atom. The quantitative estimate of drug-likeness (QED) is 0.328. The summed E-state index contributed by atoms with van der Waals surface area (Å²) in [5.41, 5.74) is 0.430. The predicted octanol–water partition coefficient (Wildman–Crippen LogP) is 1.00. The highest BCUT2D eigenvalue weighted by atomic mass is 32.2. The van der Waals surface area contributed by atoms with Crippen LogP contribution in [-0.4, -0.2) is 58.4 Å². The molecule has 0 aliphatic carbocycles. The Kier molecular flexibility index (Phi) is 4.38. The van der Waals surface area contributed by atoms with E-state index in [9.17, 15) is 22.8 Å². The van der Waals surface area contributed by atoms with Gasteiger partial charge in [-0.1, -0.05) is 12.7 Å². The molecular formula is C18H20N2O6S. The Labute approximate surface area is 157 Å². The second-order valence-corrected chi connectivity index (χ2v) is 9.54. The van der Waals surface area contributed by atoms with E-state index in [1.165, 1.54) is 43.7 Å². The molecule has 2 aliphatic heterocycles. The van der Waals surface area contributed by atoms with Gasteiger partial charge in [-0.05, 0) is 32.1 Å². The normalized spacial score (nSPS) is 26.4. The first-order valence-corrected chi connectivity index (χ1v) is 9.84. The minimum absolute atomic E-state index is 0.0308. The molecule has 0 unspecified atom stereocenters. The van der Waals surface area contributed by atoms with Crippen LogP contribution < -0.4 is 0 Å². The van der Waals surface area contributed by atoms with E-state index >= 15 is 0 Å². The fourth-order valence-electron chi connectivity index (χ4n) is 3.50. The fraction of sp³-hybridized carbons (Fsp3) is 0.389. The van der Waals surface area contributed by atoms with Crippen molar-refractivity contribution in [3.8, 4) is 0 Å². The van der Waals surface area contributed by atoms with Crippen molar-refractivity contribution in [1.82, 2.24) is 9.47 Å². The van der Waals surface area contributed by atoms with Crippen LogP contribution in [-0.2, 0) is 24.2 Å². The molecule has 3 heterocycles. The Hall–Kier alpha value is -2.68. The van der Waals surface area contributed by atoms with Crippen molar-refractivity contribution in [1.29, 1.82) is 0 Å². The Bertz CT molecular complexity index is 985. The molecule has 0 spiro atoms. The van der Waals surface area contributed by atoms with Gasteiger partial charge in [-0.15, -0.1) is 0 Å². The molecule has 0 N–H and O–H groups in total. The number of nitrogens with zero attached hydrogens (tertiary/aromatic N) is 2. The maximum Gasteiger partial charge on any atom is 0.330 e. The molecule has 1 aromatic rings. The van der Waals surface area contributed by atoms with Gasteiger partial charge in [0.05, 0.1) is 5.57 Å². The lowest BCUT2D eigenvalue weighted by Crippen LogP contribution is -2.59. The fourth-order valence-corrected chi connectivity index (χ4v) is 5.62. The number of hydrogen-bond donors (Lipinski definition) is 0. The van der Waals surface area contributed by atoms with Gasteiger partial charge in [0.1, 0.15) is 11.4 Å². The van der Waals surface area contributed by atoms with Gasteiger partial charge in [-0.3, -0.25) is 14.2 Å². The van der Waals surface area contributed by atoms with Gasteiger partial charge in [-0.2, -0.15) is 0 Å². The number of sulfone groups is 1. The van der Waals surface area contributed by atoms with E-state index in [2.05, 4.69) is 6.58 Å². The molecule has 1 aromatic heterocycles. The third-order valence-electron chi connectivity index (χ3n) is 4.95. The standard InChI is InChI=1S/C18H20N2O6S/c1-5-9-26-17(23)14-18(3,4)27(24,25)16-13(15(22)20(14)16)10-12-7-6-8-19(12)11(2)21/h5-8,10,14,16H,1,9H2,2-4H3/b13-10+/t14-,16+/m0/s1. The van der Waals surface area contributed by atoms with Crippen LogP contribution in [0.5, 0.6) is 0 Å². The van der Waals surface area contributed by atoms with E-state index in [1.54, 1.807) is 12.1 Å². The van der Waals surface area contributed by atoms with Gasteiger partial charge in [-0.25, -0.2) is 13.2 Å². The third kappa shape index (κ3) is 2.56. The molecule has 0 saturated carbocycles. The minimum Gasteiger partial charge on any atom is -0.460 e. The Morgan fingerprint density at radius 3 is 2.63 bits per heavy atom. The highest BCUT2D eigenvalue weighted by Gasteiger charge is 2.70. The molecule has 144 valence electrons. The zero-order valence-corrected chi connectivity index (χ0v) is 16.0. The van der Waals surface area contributed by atoms with Gasteiger partial charge in [0.25, 0.3) is 5.91 Å². The van der Waals surface area contributed by atoms with Gasteiger partial charge in [0, 0.05) is 18.8 Å². The van der Waals surface area contributed by atoms with E-state index in [0.717, 1.165) is 4.90 Å². The number of aromatic nitrogens is 1.